The van der Waals surface area contributed by atoms with Gasteiger partial charge < -0.3 is 10.5 Å². The minimum absolute atomic E-state index is 0.0677. The zero-order valence-electron chi connectivity index (χ0n) is 11.8. The predicted octanol–water partition coefficient (Wildman–Crippen LogP) is 0.586. The summed E-state index contributed by atoms with van der Waals surface area (Å²) in [4.78, 5) is 4.02. The van der Waals surface area contributed by atoms with Gasteiger partial charge in [-0.1, -0.05) is 13.0 Å². The molecule has 0 aliphatic carbocycles. The molecule has 2 atom stereocenters. The lowest BCUT2D eigenvalue weighted by Gasteiger charge is -2.35. The van der Waals surface area contributed by atoms with Crippen LogP contribution in [0.25, 0.3) is 0 Å². The lowest BCUT2D eigenvalue weighted by atomic mass is 9.97. The summed E-state index contributed by atoms with van der Waals surface area (Å²) in [6.07, 6.45) is 2.23. The van der Waals surface area contributed by atoms with Crippen molar-refractivity contribution in [3.8, 4) is 0 Å². The second kappa shape index (κ2) is 6.17. The standard InChI is InChI=1S/C13H21N3O3S/c1-10-5-6-16(9-12(10)19-2)20(17,18)13-4-3-11(7-14)8-15-13/h3-4,8,10,12H,5-7,9,14H2,1-2H3. The molecule has 112 valence electrons. The zero-order valence-corrected chi connectivity index (χ0v) is 12.6. The molecule has 1 aliphatic heterocycles. The first kappa shape index (κ1) is 15.4. The molecular weight excluding hydrogens is 278 g/mol. The van der Waals surface area contributed by atoms with Crippen molar-refractivity contribution < 1.29 is 13.2 Å². The van der Waals surface area contributed by atoms with Crippen molar-refractivity contribution in [1.82, 2.24) is 9.29 Å². The Kier molecular flexibility index (Phi) is 4.74. The molecule has 7 heteroatoms. The Hall–Kier alpha value is -1.02. The Balaban J connectivity index is 2.21. The number of hydrogen-bond acceptors (Lipinski definition) is 5. The molecule has 0 amide bonds. The van der Waals surface area contributed by atoms with Crippen LogP contribution in [0.15, 0.2) is 23.4 Å². The van der Waals surface area contributed by atoms with Gasteiger partial charge in [0.25, 0.3) is 10.0 Å². The second-order valence-electron chi connectivity index (χ2n) is 5.11. The van der Waals surface area contributed by atoms with E-state index in [9.17, 15) is 8.42 Å². The van der Waals surface area contributed by atoms with E-state index in [1.165, 1.54) is 16.6 Å². The Morgan fingerprint density at radius 2 is 2.25 bits per heavy atom. The number of sulfonamides is 1. The van der Waals surface area contributed by atoms with Crippen LogP contribution in [0.4, 0.5) is 0 Å². The lowest BCUT2D eigenvalue weighted by Crippen LogP contribution is -2.46. The fraction of sp³-hybridized carbons (Fsp3) is 0.615. The number of pyridine rings is 1. The van der Waals surface area contributed by atoms with Crippen molar-refractivity contribution in [2.45, 2.75) is 31.0 Å². The molecule has 0 radical (unpaired) electrons. The minimum atomic E-state index is -3.55. The van der Waals surface area contributed by atoms with Crippen LogP contribution >= 0.6 is 0 Å². The molecule has 1 fully saturated rings. The molecule has 2 unspecified atom stereocenters. The van der Waals surface area contributed by atoms with Gasteiger partial charge in [0, 0.05) is 32.9 Å². The van der Waals surface area contributed by atoms with Gasteiger partial charge in [-0.15, -0.1) is 0 Å². The molecule has 1 aromatic rings. The number of methoxy groups -OCH3 is 1. The van der Waals surface area contributed by atoms with Crippen LogP contribution in [0.1, 0.15) is 18.9 Å². The third kappa shape index (κ3) is 3.01. The molecule has 1 aromatic heterocycles. The molecule has 0 saturated carbocycles. The summed E-state index contributed by atoms with van der Waals surface area (Å²) in [6, 6.07) is 3.21. The average molecular weight is 299 g/mol. The third-order valence-electron chi connectivity index (χ3n) is 3.79. The summed E-state index contributed by atoms with van der Waals surface area (Å²) in [5.41, 5.74) is 6.30. The van der Waals surface area contributed by atoms with Gasteiger partial charge in [0.05, 0.1) is 6.10 Å². The Bertz CT molecular complexity index is 544. The zero-order chi connectivity index (χ0) is 14.8. The molecule has 2 heterocycles. The van der Waals surface area contributed by atoms with Gasteiger partial charge in [0.2, 0.25) is 0 Å². The molecule has 20 heavy (non-hydrogen) atoms. The van der Waals surface area contributed by atoms with Gasteiger partial charge in [-0.25, -0.2) is 13.4 Å². The van der Waals surface area contributed by atoms with Crippen LogP contribution in [0.3, 0.4) is 0 Å². The van der Waals surface area contributed by atoms with Crippen LogP contribution in [0.5, 0.6) is 0 Å². The first-order valence-corrected chi connectivity index (χ1v) is 8.11. The molecule has 2 N–H and O–H groups in total. The second-order valence-corrected chi connectivity index (χ2v) is 7.00. The smallest absolute Gasteiger partial charge is 0.260 e. The van der Waals surface area contributed by atoms with Gasteiger partial charge in [0.15, 0.2) is 5.03 Å². The van der Waals surface area contributed by atoms with Crippen LogP contribution < -0.4 is 5.73 Å². The van der Waals surface area contributed by atoms with E-state index in [0.29, 0.717) is 25.6 Å². The van der Waals surface area contributed by atoms with Gasteiger partial charge in [-0.2, -0.15) is 4.31 Å². The molecule has 6 nitrogen and oxygen atoms in total. The summed E-state index contributed by atoms with van der Waals surface area (Å²) < 4.78 is 31.9. The Labute approximate surface area is 120 Å². The van der Waals surface area contributed by atoms with Gasteiger partial charge in [-0.3, -0.25) is 0 Å². The van der Waals surface area contributed by atoms with Gasteiger partial charge in [-0.05, 0) is 24.0 Å². The molecule has 0 bridgehead atoms. The van der Waals surface area contributed by atoms with E-state index in [1.54, 1.807) is 13.2 Å². The highest BCUT2D eigenvalue weighted by Gasteiger charge is 2.34. The van der Waals surface area contributed by atoms with Crippen LogP contribution in [-0.2, 0) is 21.3 Å². The van der Waals surface area contributed by atoms with E-state index in [0.717, 1.165) is 12.0 Å². The maximum Gasteiger partial charge on any atom is 0.260 e. The minimum Gasteiger partial charge on any atom is -0.380 e. The Morgan fingerprint density at radius 3 is 2.80 bits per heavy atom. The van der Waals surface area contributed by atoms with Crippen molar-refractivity contribution in [2.24, 2.45) is 11.7 Å². The molecular formula is C13H21N3O3S. The molecule has 1 aliphatic rings. The number of aromatic nitrogens is 1. The molecule has 0 aromatic carbocycles. The summed E-state index contributed by atoms with van der Waals surface area (Å²) in [7, 11) is -1.94. The first-order valence-electron chi connectivity index (χ1n) is 6.67. The fourth-order valence-electron chi connectivity index (χ4n) is 2.35. The van der Waals surface area contributed by atoms with E-state index in [-0.39, 0.29) is 11.1 Å². The molecule has 2 rings (SSSR count). The van der Waals surface area contributed by atoms with E-state index >= 15 is 0 Å². The van der Waals surface area contributed by atoms with Crippen molar-refractivity contribution in [2.75, 3.05) is 20.2 Å². The number of rotatable bonds is 4. The van der Waals surface area contributed by atoms with Crippen LogP contribution in [-0.4, -0.2) is 44.0 Å². The lowest BCUT2D eigenvalue weighted by molar-refractivity contribution is 0.0183. The monoisotopic (exact) mass is 299 g/mol. The number of ether oxygens (including phenoxy) is 1. The normalized spacial score (nSPS) is 24.8. The van der Waals surface area contributed by atoms with E-state index < -0.39 is 10.0 Å². The van der Waals surface area contributed by atoms with Crippen molar-refractivity contribution in [1.29, 1.82) is 0 Å². The van der Waals surface area contributed by atoms with Crippen molar-refractivity contribution >= 4 is 10.0 Å². The Morgan fingerprint density at radius 1 is 1.50 bits per heavy atom. The van der Waals surface area contributed by atoms with E-state index in [4.69, 9.17) is 10.5 Å². The van der Waals surface area contributed by atoms with Gasteiger partial charge >= 0.3 is 0 Å². The summed E-state index contributed by atoms with van der Waals surface area (Å²) >= 11 is 0. The van der Waals surface area contributed by atoms with Gasteiger partial charge in [0.1, 0.15) is 0 Å². The highest BCUT2D eigenvalue weighted by Crippen LogP contribution is 2.24. The number of piperidine rings is 1. The quantitative estimate of drug-likeness (QED) is 0.879. The van der Waals surface area contributed by atoms with E-state index in [1.807, 2.05) is 0 Å². The topological polar surface area (TPSA) is 85.5 Å². The highest BCUT2D eigenvalue weighted by molar-refractivity contribution is 7.89. The first-order chi connectivity index (χ1) is 9.48. The SMILES string of the molecule is COC1CN(S(=O)(=O)c2ccc(CN)cn2)CCC1C. The fourth-order valence-corrected chi connectivity index (χ4v) is 3.73. The average Bonchev–Trinajstić information content (AvgIpc) is 2.47. The predicted molar refractivity (Wildman–Crippen MR) is 75.5 cm³/mol. The van der Waals surface area contributed by atoms with Crippen LogP contribution in [0, 0.1) is 5.92 Å². The third-order valence-corrected chi connectivity index (χ3v) is 5.57. The maximum absolute atomic E-state index is 12.5. The molecule has 1 saturated heterocycles. The van der Waals surface area contributed by atoms with Crippen molar-refractivity contribution in [3.63, 3.8) is 0 Å². The molecule has 0 spiro atoms. The highest BCUT2D eigenvalue weighted by atomic mass is 32.2. The van der Waals surface area contributed by atoms with Crippen molar-refractivity contribution in [3.05, 3.63) is 23.9 Å². The summed E-state index contributed by atoms with van der Waals surface area (Å²) in [5, 5.41) is 0.0686. The number of nitrogens with zero attached hydrogens (tertiary/aromatic N) is 2. The number of nitrogens with two attached hydrogens (primary N) is 1. The summed E-state index contributed by atoms with van der Waals surface area (Å²) in [6.45, 7) is 3.30. The largest absolute Gasteiger partial charge is 0.380 e. The van der Waals surface area contributed by atoms with E-state index in [2.05, 4.69) is 11.9 Å². The van der Waals surface area contributed by atoms with Crippen LogP contribution in [0.2, 0.25) is 0 Å². The maximum atomic E-state index is 12.5. The number of hydrogen-bond donors (Lipinski definition) is 1. The summed E-state index contributed by atoms with van der Waals surface area (Å²) in [5.74, 6) is 0.360.